The fraction of sp³-hybridized carbons (Fsp3) is 0.600. The van der Waals surface area contributed by atoms with Crippen molar-refractivity contribution in [3.05, 3.63) is 10.8 Å². The largest absolute Gasteiger partial charge is 0.394 e. The van der Waals surface area contributed by atoms with E-state index >= 15 is 0 Å². The molecular formula is C10H17BrN4O2. The first-order valence-corrected chi connectivity index (χ1v) is 6.25. The number of nitrogens with one attached hydrogen (secondary N) is 2. The van der Waals surface area contributed by atoms with Crippen LogP contribution in [0.1, 0.15) is 6.92 Å². The van der Waals surface area contributed by atoms with Gasteiger partial charge in [-0.05, 0) is 22.9 Å². The minimum Gasteiger partial charge on any atom is -0.394 e. The van der Waals surface area contributed by atoms with E-state index in [4.69, 9.17) is 9.84 Å². The van der Waals surface area contributed by atoms with E-state index < -0.39 is 0 Å². The van der Waals surface area contributed by atoms with Crippen LogP contribution in [0.3, 0.4) is 0 Å². The molecule has 0 fully saturated rings. The number of anilines is 2. The van der Waals surface area contributed by atoms with E-state index in [0.29, 0.717) is 19.8 Å². The molecule has 0 amide bonds. The van der Waals surface area contributed by atoms with E-state index in [0.717, 1.165) is 22.7 Å². The molecule has 7 heteroatoms. The highest BCUT2D eigenvalue weighted by Gasteiger charge is 2.06. The van der Waals surface area contributed by atoms with Crippen LogP contribution in [0, 0.1) is 0 Å². The van der Waals surface area contributed by atoms with Crippen molar-refractivity contribution in [3.63, 3.8) is 0 Å². The quantitative estimate of drug-likeness (QED) is 0.624. The Bertz CT molecular complexity index is 338. The fourth-order valence-electron chi connectivity index (χ4n) is 1.19. The molecule has 0 aromatic carbocycles. The molecule has 1 aromatic rings. The van der Waals surface area contributed by atoms with Crippen molar-refractivity contribution in [3.8, 4) is 0 Å². The Labute approximate surface area is 109 Å². The third-order valence-corrected chi connectivity index (χ3v) is 2.66. The van der Waals surface area contributed by atoms with Crippen LogP contribution in [0.15, 0.2) is 10.8 Å². The zero-order valence-electron chi connectivity index (χ0n) is 9.74. The van der Waals surface area contributed by atoms with Crippen molar-refractivity contribution in [1.82, 2.24) is 9.97 Å². The number of aromatic nitrogens is 2. The van der Waals surface area contributed by atoms with Crippen molar-refractivity contribution in [2.24, 2.45) is 0 Å². The molecule has 1 rings (SSSR count). The van der Waals surface area contributed by atoms with Crippen molar-refractivity contribution >= 4 is 27.6 Å². The van der Waals surface area contributed by atoms with Gasteiger partial charge in [-0.2, -0.15) is 0 Å². The number of nitrogens with zero attached hydrogens (tertiary/aromatic N) is 2. The number of aliphatic hydroxyl groups excluding tert-OH is 1. The number of ether oxygens (including phenoxy) is 1. The molecule has 6 nitrogen and oxygen atoms in total. The van der Waals surface area contributed by atoms with Gasteiger partial charge in [0.1, 0.15) is 22.4 Å². The molecule has 0 aliphatic carbocycles. The van der Waals surface area contributed by atoms with Crippen LogP contribution in [0.5, 0.6) is 0 Å². The van der Waals surface area contributed by atoms with E-state index in [1.807, 2.05) is 6.92 Å². The maximum absolute atomic E-state index is 8.54. The number of hydrogen-bond acceptors (Lipinski definition) is 6. The van der Waals surface area contributed by atoms with Crippen LogP contribution in [0.2, 0.25) is 0 Å². The van der Waals surface area contributed by atoms with E-state index in [-0.39, 0.29) is 6.61 Å². The molecule has 17 heavy (non-hydrogen) atoms. The topological polar surface area (TPSA) is 79.3 Å². The Morgan fingerprint density at radius 3 is 2.65 bits per heavy atom. The van der Waals surface area contributed by atoms with Gasteiger partial charge in [0.15, 0.2) is 0 Å². The molecule has 0 aliphatic rings. The van der Waals surface area contributed by atoms with Gasteiger partial charge < -0.3 is 20.5 Å². The average molecular weight is 305 g/mol. The third kappa shape index (κ3) is 4.84. The van der Waals surface area contributed by atoms with E-state index in [1.165, 1.54) is 6.33 Å². The van der Waals surface area contributed by atoms with Gasteiger partial charge >= 0.3 is 0 Å². The molecule has 0 aliphatic heterocycles. The Hall–Kier alpha value is -0.920. The van der Waals surface area contributed by atoms with Gasteiger partial charge in [-0.25, -0.2) is 9.97 Å². The first-order chi connectivity index (χ1) is 8.29. The zero-order chi connectivity index (χ0) is 12.5. The van der Waals surface area contributed by atoms with Gasteiger partial charge in [0.25, 0.3) is 0 Å². The molecule has 0 saturated heterocycles. The second-order valence-electron chi connectivity index (χ2n) is 3.18. The highest BCUT2D eigenvalue weighted by molar-refractivity contribution is 9.10. The maximum atomic E-state index is 8.54. The number of hydrogen-bond donors (Lipinski definition) is 3. The van der Waals surface area contributed by atoms with E-state index in [9.17, 15) is 0 Å². The van der Waals surface area contributed by atoms with Crippen LogP contribution >= 0.6 is 15.9 Å². The van der Waals surface area contributed by atoms with Gasteiger partial charge in [0.05, 0.1) is 19.8 Å². The average Bonchev–Trinajstić information content (AvgIpc) is 2.33. The second kappa shape index (κ2) is 8.21. The van der Waals surface area contributed by atoms with Crippen molar-refractivity contribution < 1.29 is 9.84 Å². The SMILES string of the molecule is CCNc1ncnc(NCCOCCO)c1Br. The molecular weight excluding hydrogens is 288 g/mol. The van der Waals surface area contributed by atoms with Crippen LogP contribution in [0.25, 0.3) is 0 Å². The predicted octanol–water partition coefficient (Wildman–Crippen LogP) is 1.09. The lowest BCUT2D eigenvalue weighted by atomic mass is 10.5. The number of halogens is 1. The lowest BCUT2D eigenvalue weighted by molar-refractivity contribution is 0.0992. The Morgan fingerprint density at radius 2 is 2.00 bits per heavy atom. The summed E-state index contributed by atoms with van der Waals surface area (Å²) in [5.74, 6) is 1.49. The standard InChI is InChI=1S/C10H17BrN4O2/c1-2-12-9-8(11)10(15-7-14-9)13-3-5-17-6-4-16/h7,16H,2-6H2,1H3,(H2,12,13,14,15). The van der Waals surface area contributed by atoms with Gasteiger partial charge in [-0.3, -0.25) is 0 Å². The smallest absolute Gasteiger partial charge is 0.146 e. The first kappa shape index (κ1) is 14.1. The van der Waals surface area contributed by atoms with E-state index in [2.05, 4.69) is 36.5 Å². The minimum absolute atomic E-state index is 0.0434. The molecule has 0 atom stereocenters. The summed E-state index contributed by atoms with van der Waals surface area (Å²) in [6, 6.07) is 0. The second-order valence-corrected chi connectivity index (χ2v) is 3.97. The summed E-state index contributed by atoms with van der Waals surface area (Å²) in [5.41, 5.74) is 0. The molecule has 0 saturated carbocycles. The third-order valence-electron chi connectivity index (χ3n) is 1.91. The van der Waals surface area contributed by atoms with Crippen LogP contribution in [0.4, 0.5) is 11.6 Å². The highest BCUT2D eigenvalue weighted by Crippen LogP contribution is 2.25. The molecule has 1 aromatic heterocycles. The lowest BCUT2D eigenvalue weighted by Gasteiger charge is -2.10. The van der Waals surface area contributed by atoms with Crippen LogP contribution in [-0.4, -0.2) is 48.0 Å². The maximum Gasteiger partial charge on any atom is 0.146 e. The summed E-state index contributed by atoms with van der Waals surface area (Å²) >= 11 is 3.43. The van der Waals surface area contributed by atoms with Crippen molar-refractivity contribution in [2.75, 3.05) is 43.5 Å². The summed E-state index contributed by atoms with van der Waals surface area (Å²) in [6.07, 6.45) is 1.50. The summed E-state index contributed by atoms with van der Waals surface area (Å²) < 4.78 is 5.94. The fourth-order valence-corrected chi connectivity index (χ4v) is 1.68. The van der Waals surface area contributed by atoms with Crippen LogP contribution in [-0.2, 0) is 4.74 Å². The van der Waals surface area contributed by atoms with E-state index in [1.54, 1.807) is 0 Å². The number of aliphatic hydroxyl groups is 1. The molecule has 0 bridgehead atoms. The monoisotopic (exact) mass is 304 g/mol. The Morgan fingerprint density at radius 1 is 1.29 bits per heavy atom. The zero-order valence-corrected chi connectivity index (χ0v) is 11.3. The summed E-state index contributed by atoms with van der Waals surface area (Å²) in [7, 11) is 0. The van der Waals surface area contributed by atoms with Gasteiger partial charge in [0, 0.05) is 13.1 Å². The van der Waals surface area contributed by atoms with Crippen molar-refractivity contribution in [1.29, 1.82) is 0 Å². The minimum atomic E-state index is 0.0434. The normalized spacial score (nSPS) is 10.3. The molecule has 3 N–H and O–H groups in total. The molecule has 96 valence electrons. The predicted molar refractivity (Wildman–Crippen MR) is 70.3 cm³/mol. The highest BCUT2D eigenvalue weighted by atomic mass is 79.9. The van der Waals surface area contributed by atoms with Crippen molar-refractivity contribution in [2.45, 2.75) is 6.92 Å². The lowest BCUT2D eigenvalue weighted by Crippen LogP contribution is -2.13. The Kier molecular flexibility index (Phi) is 6.83. The van der Waals surface area contributed by atoms with Gasteiger partial charge in [0.2, 0.25) is 0 Å². The molecule has 0 radical (unpaired) electrons. The summed E-state index contributed by atoms with van der Waals surface area (Å²) in [5, 5.41) is 14.8. The summed E-state index contributed by atoms with van der Waals surface area (Å²) in [6.45, 7) is 4.35. The van der Waals surface area contributed by atoms with Gasteiger partial charge in [-0.1, -0.05) is 0 Å². The molecule has 0 spiro atoms. The van der Waals surface area contributed by atoms with Gasteiger partial charge in [-0.15, -0.1) is 0 Å². The summed E-state index contributed by atoms with van der Waals surface area (Å²) in [4.78, 5) is 8.24. The molecule has 0 unspecified atom stereocenters. The van der Waals surface area contributed by atoms with Crippen LogP contribution < -0.4 is 10.6 Å². The Balaban J connectivity index is 2.44. The first-order valence-electron chi connectivity index (χ1n) is 5.46. The number of rotatable bonds is 8. The molecule has 1 heterocycles.